The maximum atomic E-state index is 11.6. The van der Waals surface area contributed by atoms with E-state index in [0.717, 1.165) is 11.1 Å². The zero-order valence-corrected chi connectivity index (χ0v) is 10.3. The molecular weight excluding hydrogens is 240 g/mol. The number of benzene rings is 1. The summed E-state index contributed by atoms with van der Waals surface area (Å²) >= 11 is 5.90. The number of halogens is 1. The van der Waals surface area contributed by atoms with E-state index in [-0.39, 0.29) is 5.97 Å². The Morgan fingerprint density at radius 2 is 2.41 bits per heavy atom. The van der Waals surface area contributed by atoms with Gasteiger partial charge in [-0.15, -0.1) is 0 Å². The maximum absolute atomic E-state index is 11.6. The Morgan fingerprint density at radius 3 is 3.12 bits per heavy atom. The van der Waals surface area contributed by atoms with E-state index in [1.807, 2.05) is 0 Å². The van der Waals surface area contributed by atoms with Gasteiger partial charge in [-0.05, 0) is 30.7 Å². The van der Waals surface area contributed by atoms with E-state index in [9.17, 15) is 4.79 Å². The standard InChI is InChI=1S/C13H13ClO3/c1-3-16-13(15)12-6-8(2)10-7-9(14)4-5-11(10)17-12/h4-5,7,12H,2-3,6H2,1H3. The van der Waals surface area contributed by atoms with Crippen LogP contribution in [0.25, 0.3) is 5.57 Å². The van der Waals surface area contributed by atoms with Crippen molar-refractivity contribution in [2.45, 2.75) is 19.4 Å². The van der Waals surface area contributed by atoms with Crippen molar-refractivity contribution >= 4 is 23.1 Å². The smallest absolute Gasteiger partial charge is 0.347 e. The van der Waals surface area contributed by atoms with Gasteiger partial charge >= 0.3 is 5.97 Å². The molecule has 1 heterocycles. The van der Waals surface area contributed by atoms with Crippen molar-refractivity contribution in [3.8, 4) is 5.75 Å². The number of rotatable bonds is 2. The second-order valence-electron chi connectivity index (χ2n) is 3.81. The summed E-state index contributed by atoms with van der Waals surface area (Å²) in [6.07, 6.45) is -0.164. The molecule has 17 heavy (non-hydrogen) atoms. The highest BCUT2D eigenvalue weighted by atomic mass is 35.5. The van der Waals surface area contributed by atoms with Gasteiger partial charge in [-0.3, -0.25) is 0 Å². The second-order valence-corrected chi connectivity index (χ2v) is 4.24. The van der Waals surface area contributed by atoms with E-state index < -0.39 is 6.10 Å². The quantitative estimate of drug-likeness (QED) is 0.759. The summed E-state index contributed by atoms with van der Waals surface area (Å²) in [6, 6.07) is 5.26. The van der Waals surface area contributed by atoms with Crippen LogP contribution < -0.4 is 4.74 Å². The molecule has 1 aliphatic rings. The van der Waals surface area contributed by atoms with Crippen molar-refractivity contribution in [1.29, 1.82) is 0 Å². The van der Waals surface area contributed by atoms with E-state index >= 15 is 0 Å². The van der Waals surface area contributed by atoms with Crippen molar-refractivity contribution in [3.63, 3.8) is 0 Å². The Balaban J connectivity index is 2.25. The fourth-order valence-electron chi connectivity index (χ4n) is 1.78. The van der Waals surface area contributed by atoms with Crippen LogP contribution in [0.4, 0.5) is 0 Å². The predicted molar refractivity (Wildman–Crippen MR) is 66.2 cm³/mol. The van der Waals surface area contributed by atoms with Crippen LogP contribution in [-0.2, 0) is 9.53 Å². The summed E-state index contributed by atoms with van der Waals surface area (Å²) in [5, 5.41) is 0.628. The number of fused-ring (bicyclic) bond motifs is 1. The topological polar surface area (TPSA) is 35.5 Å². The zero-order chi connectivity index (χ0) is 12.4. The number of esters is 1. The molecule has 0 bridgehead atoms. The third-order valence-electron chi connectivity index (χ3n) is 2.57. The van der Waals surface area contributed by atoms with Gasteiger partial charge in [0.05, 0.1) is 6.61 Å². The van der Waals surface area contributed by atoms with Crippen LogP contribution in [0, 0.1) is 0 Å². The Morgan fingerprint density at radius 1 is 1.65 bits per heavy atom. The van der Waals surface area contributed by atoms with E-state index in [4.69, 9.17) is 21.1 Å². The molecule has 0 spiro atoms. The lowest BCUT2D eigenvalue weighted by molar-refractivity contribution is -0.151. The third kappa shape index (κ3) is 2.44. The summed E-state index contributed by atoms with van der Waals surface area (Å²) in [4.78, 5) is 11.6. The molecule has 0 saturated heterocycles. The molecule has 90 valence electrons. The first-order chi connectivity index (χ1) is 8.11. The molecule has 1 aliphatic heterocycles. The van der Waals surface area contributed by atoms with Gasteiger partial charge in [0.1, 0.15) is 5.75 Å². The van der Waals surface area contributed by atoms with Crippen LogP contribution in [-0.4, -0.2) is 18.7 Å². The van der Waals surface area contributed by atoms with Crippen LogP contribution in [0.1, 0.15) is 18.9 Å². The van der Waals surface area contributed by atoms with Gasteiger partial charge in [0, 0.05) is 17.0 Å². The first-order valence-corrected chi connectivity index (χ1v) is 5.80. The molecule has 1 atom stereocenters. The molecule has 0 radical (unpaired) electrons. The van der Waals surface area contributed by atoms with E-state index in [1.165, 1.54) is 0 Å². The monoisotopic (exact) mass is 252 g/mol. The van der Waals surface area contributed by atoms with Gasteiger partial charge in [0.2, 0.25) is 0 Å². The first kappa shape index (κ1) is 12.0. The molecule has 4 heteroatoms. The fraction of sp³-hybridized carbons (Fsp3) is 0.308. The lowest BCUT2D eigenvalue weighted by Crippen LogP contribution is -2.32. The molecule has 0 amide bonds. The lowest BCUT2D eigenvalue weighted by Gasteiger charge is -2.26. The Hall–Kier alpha value is -1.48. The SMILES string of the molecule is C=C1CC(C(=O)OCC)Oc2ccc(Cl)cc21. The molecule has 1 aromatic rings. The zero-order valence-electron chi connectivity index (χ0n) is 9.53. The average molecular weight is 253 g/mol. The Kier molecular flexibility index (Phi) is 3.38. The Bertz CT molecular complexity index is 468. The molecule has 1 aromatic carbocycles. The fourth-order valence-corrected chi connectivity index (χ4v) is 1.95. The van der Waals surface area contributed by atoms with Crippen molar-refractivity contribution in [3.05, 3.63) is 35.4 Å². The van der Waals surface area contributed by atoms with Crippen molar-refractivity contribution in [1.82, 2.24) is 0 Å². The highest BCUT2D eigenvalue weighted by Gasteiger charge is 2.29. The van der Waals surface area contributed by atoms with Gasteiger partial charge in [-0.2, -0.15) is 0 Å². The second kappa shape index (κ2) is 4.80. The third-order valence-corrected chi connectivity index (χ3v) is 2.81. The van der Waals surface area contributed by atoms with E-state index in [1.54, 1.807) is 25.1 Å². The molecular formula is C13H13ClO3. The molecule has 0 aliphatic carbocycles. The number of hydrogen-bond acceptors (Lipinski definition) is 3. The summed E-state index contributed by atoms with van der Waals surface area (Å²) in [5.41, 5.74) is 1.70. The largest absolute Gasteiger partial charge is 0.478 e. The molecule has 2 rings (SSSR count). The molecule has 0 aromatic heterocycles. The van der Waals surface area contributed by atoms with Crippen molar-refractivity contribution in [2.75, 3.05) is 6.61 Å². The summed E-state index contributed by atoms with van der Waals surface area (Å²) in [5.74, 6) is 0.276. The van der Waals surface area contributed by atoms with Gasteiger partial charge in [-0.25, -0.2) is 4.79 Å². The highest BCUT2D eigenvalue weighted by molar-refractivity contribution is 6.30. The molecule has 3 nitrogen and oxygen atoms in total. The first-order valence-electron chi connectivity index (χ1n) is 5.42. The number of carbonyl (C=O) groups is 1. The number of ether oxygens (including phenoxy) is 2. The van der Waals surface area contributed by atoms with Gasteiger partial charge in [0.25, 0.3) is 0 Å². The van der Waals surface area contributed by atoms with Crippen LogP contribution in [0.2, 0.25) is 5.02 Å². The van der Waals surface area contributed by atoms with Crippen molar-refractivity contribution in [2.24, 2.45) is 0 Å². The molecule has 0 N–H and O–H groups in total. The Labute approximate surface area is 105 Å². The van der Waals surface area contributed by atoms with Crippen LogP contribution in [0.15, 0.2) is 24.8 Å². The molecule has 0 fully saturated rings. The van der Waals surface area contributed by atoms with E-state index in [2.05, 4.69) is 6.58 Å². The normalized spacial score (nSPS) is 18.2. The minimum Gasteiger partial charge on any atom is -0.478 e. The van der Waals surface area contributed by atoms with Gasteiger partial charge < -0.3 is 9.47 Å². The highest BCUT2D eigenvalue weighted by Crippen LogP contribution is 2.36. The lowest BCUT2D eigenvalue weighted by atomic mass is 9.97. The predicted octanol–water partition coefficient (Wildman–Crippen LogP) is 3.07. The van der Waals surface area contributed by atoms with Gasteiger partial charge in [0.15, 0.2) is 6.10 Å². The molecule has 0 saturated carbocycles. The maximum Gasteiger partial charge on any atom is 0.347 e. The summed E-state index contributed by atoms with van der Waals surface area (Å²) in [7, 11) is 0. The minimum absolute atomic E-state index is 0.346. The average Bonchev–Trinajstić information content (AvgIpc) is 2.30. The van der Waals surface area contributed by atoms with Crippen molar-refractivity contribution < 1.29 is 14.3 Å². The van der Waals surface area contributed by atoms with Crippen LogP contribution in [0.3, 0.4) is 0 Å². The minimum atomic E-state index is -0.601. The van der Waals surface area contributed by atoms with E-state index in [0.29, 0.717) is 23.8 Å². The molecule has 1 unspecified atom stereocenters. The van der Waals surface area contributed by atoms with Crippen LogP contribution in [0.5, 0.6) is 5.75 Å². The number of hydrogen-bond donors (Lipinski definition) is 0. The number of carbonyl (C=O) groups excluding carboxylic acids is 1. The summed E-state index contributed by atoms with van der Waals surface area (Å²) in [6.45, 7) is 6.06. The summed E-state index contributed by atoms with van der Waals surface area (Å²) < 4.78 is 10.5. The van der Waals surface area contributed by atoms with Crippen LogP contribution >= 0.6 is 11.6 Å². The van der Waals surface area contributed by atoms with Gasteiger partial charge in [-0.1, -0.05) is 18.2 Å².